The van der Waals surface area contributed by atoms with Crippen molar-refractivity contribution in [3.8, 4) is 11.3 Å². The number of fused-ring (bicyclic) bond motifs is 2. The molecule has 1 N–H and O–H groups in total. The van der Waals surface area contributed by atoms with Crippen molar-refractivity contribution in [1.29, 1.82) is 0 Å². The summed E-state index contributed by atoms with van der Waals surface area (Å²) in [4.78, 5) is 30.1. The van der Waals surface area contributed by atoms with E-state index in [0.717, 1.165) is 84.5 Å². The van der Waals surface area contributed by atoms with Gasteiger partial charge in [0.25, 0.3) is 0 Å². The van der Waals surface area contributed by atoms with Crippen molar-refractivity contribution in [2.75, 3.05) is 17.2 Å². The maximum Gasteiger partial charge on any atom is 0.322 e. The Morgan fingerprint density at radius 3 is 2.46 bits per heavy atom. The van der Waals surface area contributed by atoms with Crippen molar-refractivity contribution in [2.24, 2.45) is 0 Å². The number of nitrogens with zero attached hydrogens (tertiary/aromatic N) is 4. The molecule has 0 saturated heterocycles. The summed E-state index contributed by atoms with van der Waals surface area (Å²) in [5.74, 6) is 0.552. The van der Waals surface area contributed by atoms with Crippen LogP contribution in [0.5, 0.6) is 0 Å². The normalized spacial score (nSPS) is 17.9. The smallest absolute Gasteiger partial charge is 0.322 e. The first-order valence-corrected chi connectivity index (χ1v) is 15.7. The SMILES string of the molecule is CCc1ncnc(C2CC2)c1-c1ccc2c(n1)C1(CCCC1)CN2C(=O)NCc1ccc(S(=O)(=O)CC)cc1. The molecule has 3 aromatic rings. The van der Waals surface area contributed by atoms with Crippen molar-refractivity contribution in [2.45, 2.75) is 81.6 Å². The number of hydrogen-bond donors (Lipinski definition) is 1. The largest absolute Gasteiger partial charge is 0.334 e. The fraction of sp³-hybridized carbons (Fsp3) is 0.467. The summed E-state index contributed by atoms with van der Waals surface area (Å²) in [6, 6.07) is 10.7. The van der Waals surface area contributed by atoms with Crippen LogP contribution in [-0.4, -0.2) is 41.7 Å². The first kappa shape index (κ1) is 25.9. The zero-order valence-corrected chi connectivity index (χ0v) is 23.4. The second kappa shape index (κ2) is 10.0. The molecule has 2 aliphatic carbocycles. The highest BCUT2D eigenvalue weighted by Crippen LogP contribution is 2.51. The Kier molecular flexibility index (Phi) is 6.65. The lowest BCUT2D eigenvalue weighted by Crippen LogP contribution is -2.41. The predicted molar refractivity (Wildman–Crippen MR) is 151 cm³/mol. The van der Waals surface area contributed by atoms with Crippen LogP contribution in [0.4, 0.5) is 10.5 Å². The van der Waals surface area contributed by atoms with E-state index in [2.05, 4.69) is 28.3 Å². The third-order valence-electron chi connectivity index (χ3n) is 8.55. The molecule has 2 saturated carbocycles. The maximum atomic E-state index is 13.5. The molecule has 0 atom stereocenters. The molecule has 0 radical (unpaired) electrons. The average Bonchev–Trinajstić information content (AvgIpc) is 3.63. The Morgan fingerprint density at radius 2 is 1.79 bits per heavy atom. The topological polar surface area (TPSA) is 105 Å². The number of aryl methyl sites for hydroxylation is 1. The van der Waals surface area contributed by atoms with Gasteiger partial charge >= 0.3 is 6.03 Å². The van der Waals surface area contributed by atoms with Crippen LogP contribution in [0.25, 0.3) is 11.3 Å². The van der Waals surface area contributed by atoms with Crippen LogP contribution in [0.2, 0.25) is 0 Å². The minimum absolute atomic E-state index is 0.0634. The van der Waals surface area contributed by atoms with E-state index in [1.165, 1.54) is 0 Å². The minimum Gasteiger partial charge on any atom is -0.334 e. The Hall–Kier alpha value is -3.33. The van der Waals surface area contributed by atoms with Gasteiger partial charge in [0.05, 0.1) is 39.1 Å². The number of urea groups is 1. The number of amides is 2. The molecule has 2 amide bonds. The molecule has 3 heterocycles. The van der Waals surface area contributed by atoms with Crippen LogP contribution < -0.4 is 10.2 Å². The molecule has 3 aliphatic rings. The number of sulfone groups is 1. The van der Waals surface area contributed by atoms with Gasteiger partial charge in [0.15, 0.2) is 9.84 Å². The number of pyridine rings is 1. The van der Waals surface area contributed by atoms with Gasteiger partial charge in [0.2, 0.25) is 0 Å². The van der Waals surface area contributed by atoms with E-state index in [9.17, 15) is 13.2 Å². The van der Waals surface area contributed by atoms with Crippen LogP contribution in [0, 0.1) is 0 Å². The van der Waals surface area contributed by atoms with Crippen molar-refractivity contribution < 1.29 is 13.2 Å². The van der Waals surface area contributed by atoms with E-state index >= 15 is 0 Å². The first-order chi connectivity index (χ1) is 18.8. The van der Waals surface area contributed by atoms with Crippen molar-refractivity contribution in [1.82, 2.24) is 20.3 Å². The molecule has 204 valence electrons. The summed E-state index contributed by atoms with van der Waals surface area (Å²) in [5, 5.41) is 3.05. The summed E-state index contributed by atoms with van der Waals surface area (Å²) in [6.07, 6.45) is 9.14. The zero-order chi connectivity index (χ0) is 27.2. The van der Waals surface area contributed by atoms with Gasteiger partial charge in [-0.1, -0.05) is 38.8 Å². The highest BCUT2D eigenvalue weighted by atomic mass is 32.2. The molecule has 9 heteroatoms. The fourth-order valence-electron chi connectivity index (χ4n) is 6.20. The summed E-state index contributed by atoms with van der Waals surface area (Å²) in [5.41, 5.74) is 6.77. The number of rotatable bonds is 7. The van der Waals surface area contributed by atoms with E-state index < -0.39 is 9.84 Å². The van der Waals surface area contributed by atoms with Gasteiger partial charge in [-0.3, -0.25) is 4.90 Å². The average molecular weight is 546 g/mol. The fourth-order valence-corrected chi connectivity index (χ4v) is 7.08. The Morgan fingerprint density at radius 1 is 1.05 bits per heavy atom. The number of nitrogens with one attached hydrogen (secondary N) is 1. The standard InChI is InChI=1S/C30H35N5O3S/c1-3-23-26(27(21-9-10-21)33-19-32-23)24-13-14-25-28(34-24)30(15-5-6-16-30)18-35(25)29(36)31-17-20-7-11-22(12-8-20)39(37,38)4-2/h7-8,11-14,19,21H,3-6,9-10,15-18H2,1-2H3,(H,31,36). The zero-order valence-electron chi connectivity index (χ0n) is 22.6. The van der Waals surface area contributed by atoms with Crippen LogP contribution in [-0.2, 0) is 28.2 Å². The quantitative estimate of drug-likeness (QED) is 0.431. The molecule has 0 unspecified atom stereocenters. The van der Waals surface area contributed by atoms with Crippen molar-refractivity contribution in [3.05, 3.63) is 65.4 Å². The Bertz CT molecular complexity index is 1510. The van der Waals surface area contributed by atoms with Gasteiger partial charge in [-0.25, -0.2) is 28.2 Å². The summed E-state index contributed by atoms with van der Waals surface area (Å²) in [6.45, 7) is 4.70. The van der Waals surface area contributed by atoms with E-state index in [-0.39, 0.29) is 17.2 Å². The van der Waals surface area contributed by atoms with Gasteiger partial charge in [0.1, 0.15) is 6.33 Å². The van der Waals surface area contributed by atoms with Crippen molar-refractivity contribution in [3.63, 3.8) is 0 Å². The number of benzene rings is 1. The summed E-state index contributed by atoms with van der Waals surface area (Å²) in [7, 11) is -3.25. The Balaban J connectivity index is 1.28. The van der Waals surface area contributed by atoms with Crippen LogP contribution in [0.3, 0.4) is 0 Å². The highest BCUT2D eigenvalue weighted by molar-refractivity contribution is 7.91. The number of hydrogen-bond acceptors (Lipinski definition) is 6. The van der Waals surface area contributed by atoms with Crippen LogP contribution in [0.1, 0.15) is 80.9 Å². The molecule has 2 fully saturated rings. The highest BCUT2D eigenvalue weighted by Gasteiger charge is 2.48. The third-order valence-corrected chi connectivity index (χ3v) is 10.3. The summed E-state index contributed by atoms with van der Waals surface area (Å²) >= 11 is 0. The number of aromatic nitrogens is 3. The van der Waals surface area contributed by atoms with Crippen LogP contribution in [0.15, 0.2) is 47.6 Å². The summed E-state index contributed by atoms with van der Waals surface area (Å²) < 4.78 is 24.2. The number of anilines is 1. The van der Waals surface area contributed by atoms with Gasteiger partial charge in [-0.05, 0) is 61.9 Å². The van der Waals surface area contributed by atoms with E-state index in [1.807, 2.05) is 11.0 Å². The molecule has 1 aliphatic heterocycles. The minimum atomic E-state index is -3.25. The monoisotopic (exact) mass is 545 g/mol. The molecule has 1 aromatic carbocycles. The lowest BCUT2D eigenvalue weighted by molar-refractivity contribution is 0.245. The predicted octanol–water partition coefficient (Wildman–Crippen LogP) is 5.31. The van der Waals surface area contributed by atoms with Gasteiger partial charge in [-0.15, -0.1) is 0 Å². The molecule has 8 nitrogen and oxygen atoms in total. The van der Waals surface area contributed by atoms with Gasteiger partial charge < -0.3 is 5.32 Å². The number of carbonyl (C=O) groups is 1. The molecule has 39 heavy (non-hydrogen) atoms. The molecular formula is C30H35N5O3S. The Labute approximate surface area is 230 Å². The molecule has 6 rings (SSSR count). The number of carbonyl (C=O) groups excluding carboxylic acids is 1. The van der Waals surface area contributed by atoms with Gasteiger partial charge in [-0.2, -0.15) is 0 Å². The molecule has 1 spiro atoms. The third kappa shape index (κ3) is 4.71. The van der Waals surface area contributed by atoms with Crippen LogP contribution >= 0.6 is 0 Å². The first-order valence-electron chi connectivity index (χ1n) is 14.1. The van der Waals surface area contributed by atoms with E-state index in [4.69, 9.17) is 4.98 Å². The maximum absolute atomic E-state index is 13.5. The molecule has 0 bridgehead atoms. The van der Waals surface area contributed by atoms with Gasteiger partial charge in [0, 0.05) is 30.0 Å². The van der Waals surface area contributed by atoms with E-state index in [1.54, 1.807) is 37.5 Å². The molecular weight excluding hydrogens is 510 g/mol. The second-order valence-electron chi connectivity index (χ2n) is 11.1. The van der Waals surface area contributed by atoms with E-state index in [0.29, 0.717) is 23.9 Å². The second-order valence-corrected chi connectivity index (χ2v) is 13.3. The molecule has 2 aromatic heterocycles. The van der Waals surface area contributed by atoms with Crippen molar-refractivity contribution >= 4 is 21.6 Å². The lowest BCUT2D eigenvalue weighted by Gasteiger charge is -2.24. The lowest BCUT2D eigenvalue weighted by atomic mass is 9.84.